The summed E-state index contributed by atoms with van der Waals surface area (Å²) in [7, 11) is 0. The number of rotatable bonds is 4. The Morgan fingerprint density at radius 1 is 1.36 bits per heavy atom. The monoisotopic (exact) mass is 316 g/mol. The molecule has 2 aromatic rings. The number of hydrogen-bond acceptors (Lipinski definition) is 5. The molecule has 2 aromatic heterocycles. The minimum absolute atomic E-state index is 0.0481. The lowest BCUT2D eigenvalue weighted by Gasteiger charge is -2.18. The highest BCUT2D eigenvalue weighted by Crippen LogP contribution is 2.39. The molecule has 22 heavy (non-hydrogen) atoms. The van der Waals surface area contributed by atoms with E-state index in [1.165, 1.54) is 16.9 Å². The number of thiophene rings is 1. The standard InChI is InChI=1S/C16H20N4OS/c1-9-2-5-11-12(6-9)22-16-14(11)15(18-8-19-16)17-7-13(21)20-10-3-4-10/h8-10H,2-7H2,1H3,(H,20,21)(H,17,18,19). The zero-order valence-electron chi connectivity index (χ0n) is 12.7. The maximum Gasteiger partial charge on any atom is 0.239 e. The maximum atomic E-state index is 11.9. The molecule has 2 heterocycles. The highest BCUT2D eigenvalue weighted by molar-refractivity contribution is 7.19. The van der Waals surface area contributed by atoms with Crippen molar-refractivity contribution in [2.45, 2.75) is 45.1 Å². The summed E-state index contributed by atoms with van der Waals surface area (Å²) in [6.45, 7) is 2.59. The molecule has 4 rings (SSSR count). The molecule has 1 atom stereocenters. The molecule has 116 valence electrons. The van der Waals surface area contributed by atoms with Gasteiger partial charge in [-0.2, -0.15) is 0 Å². The number of aromatic nitrogens is 2. The van der Waals surface area contributed by atoms with E-state index in [0.717, 1.165) is 47.6 Å². The topological polar surface area (TPSA) is 66.9 Å². The average Bonchev–Trinajstić information content (AvgIpc) is 3.23. The number of amides is 1. The molecule has 0 spiro atoms. The molecule has 2 aliphatic carbocycles. The van der Waals surface area contributed by atoms with E-state index in [1.54, 1.807) is 17.7 Å². The maximum absolute atomic E-state index is 11.9. The van der Waals surface area contributed by atoms with Crippen LogP contribution in [0.15, 0.2) is 6.33 Å². The second-order valence-electron chi connectivity index (χ2n) is 6.45. The third kappa shape index (κ3) is 2.67. The van der Waals surface area contributed by atoms with Gasteiger partial charge in [0, 0.05) is 10.9 Å². The third-order valence-corrected chi connectivity index (χ3v) is 5.61. The zero-order chi connectivity index (χ0) is 15.1. The van der Waals surface area contributed by atoms with Gasteiger partial charge in [-0.05, 0) is 43.6 Å². The normalized spacial score (nSPS) is 20.7. The predicted molar refractivity (Wildman–Crippen MR) is 88.3 cm³/mol. The largest absolute Gasteiger partial charge is 0.360 e. The van der Waals surface area contributed by atoms with Gasteiger partial charge in [0.05, 0.1) is 11.9 Å². The SMILES string of the molecule is CC1CCc2c(sc3ncnc(NCC(=O)NC4CC4)c23)C1. The first-order chi connectivity index (χ1) is 10.7. The van der Waals surface area contributed by atoms with Gasteiger partial charge in [-0.3, -0.25) is 4.79 Å². The van der Waals surface area contributed by atoms with Crippen LogP contribution >= 0.6 is 11.3 Å². The first kappa shape index (κ1) is 13.9. The van der Waals surface area contributed by atoms with Crippen LogP contribution in [0.5, 0.6) is 0 Å². The Morgan fingerprint density at radius 3 is 3.05 bits per heavy atom. The van der Waals surface area contributed by atoms with Crippen LogP contribution in [0.1, 0.15) is 36.6 Å². The lowest BCUT2D eigenvalue weighted by molar-refractivity contribution is -0.119. The van der Waals surface area contributed by atoms with Crippen molar-refractivity contribution >= 4 is 33.3 Å². The first-order valence-electron chi connectivity index (χ1n) is 7.99. The number of anilines is 1. The lowest BCUT2D eigenvalue weighted by Crippen LogP contribution is -2.31. The van der Waals surface area contributed by atoms with Gasteiger partial charge in [-0.25, -0.2) is 9.97 Å². The molecule has 0 bridgehead atoms. The van der Waals surface area contributed by atoms with E-state index in [2.05, 4.69) is 27.5 Å². The van der Waals surface area contributed by atoms with Crippen LogP contribution in [-0.2, 0) is 17.6 Å². The lowest BCUT2D eigenvalue weighted by atomic mass is 9.89. The minimum Gasteiger partial charge on any atom is -0.360 e. The van der Waals surface area contributed by atoms with Gasteiger partial charge in [0.25, 0.3) is 0 Å². The molecular weight excluding hydrogens is 296 g/mol. The summed E-state index contributed by atoms with van der Waals surface area (Å²) >= 11 is 1.78. The molecule has 2 aliphatic rings. The highest BCUT2D eigenvalue weighted by atomic mass is 32.1. The van der Waals surface area contributed by atoms with Crippen molar-refractivity contribution in [2.24, 2.45) is 5.92 Å². The van der Waals surface area contributed by atoms with Crippen molar-refractivity contribution in [1.82, 2.24) is 15.3 Å². The number of aryl methyl sites for hydroxylation is 1. The van der Waals surface area contributed by atoms with Crippen LogP contribution in [0.4, 0.5) is 5.82 Å². The first-order valence-corrected chi connectivity index (χ1v) is 8.81. The number of carbonyl (C=O) groups excluding carboxylic acids is 1. The highest BCUT2D eigenvalue weighted by Gasteiger charge is 2.24. The summed E-state index contributed by atoms with van der Waals surface area (Å²) in [4.78, 5) is 23.1. The number of nitrogens with one attached hydrogen (secondary N) is 2. The Hall–Kier alpha value is -1.69. The molecule has 1 amide bonds. The van der Waals surface area contributed by atoms with Gasteiger partial charge in [0.2, 0.25) is 5.91 Å². The van der Waals surface area contributed by atoms with E-state index < -0.39 is 0 Å². The van der Waals surface area contributed by atoms with Crippen molar-refractivity contribution < 1.29 is 4.79 Å². The molecule has 5 nitrogen and oxygen atoms in total. The molecule has 0 radical (unpaired) electrons. The van der Waals surface area contributed by atoms with Crippen LogP contribution in [0.2, 0.25) is 0 Å². The van der Waals surface area contributed by atoms with E-state index in [0.29, 0.717) is 6.04 Å². The van der Waals surface area contributed by atoms with Crippen molar-refractivity contribution in [3.05, 3.63) is 16.8 Å². The van der Waals surface area contributed by atoms with E-state index in [4.69, 9.17) is 0 Å². The second kappa shape index (κ2) is 5.50. The molecule has 0 aromatic carbocycles. The number of hydrogen-bond donors (Lipinski definition) is 2. The number of nitrogens with zero attached hydrogens (tertiary/aromatic N) is 2. The molecule has 1 fully saturated rings. The minimum atomic E-state index is 0.0481. The molecular formula is C16H20N4OS. The summed E-state index contributed by atoms with van der Waals surface area (Å²) in [5.74, 6) is 1.60. The summed E-state index contributed by atoms with van der Waals surface area (Å²) in [5.41, 5.74) is 1.39. The molecule has 1 unspecified atom stereocenters. The Kier molecular flexibility index (Phi) is 3.48. The third-order valence-electron chi connectivity index (χ3n) is 4.45. The quantitative estimate of drug-likeness (QED) is 0.909. The van der Waals surface area contributed by atoms with E-state index in [1.807, 2.05) is 0 Å². The fraction of sp³-hybridized carbons (Fsp3) is 0.562. The van der Waals surface area contributed by atoms with E-state index in [-0.39, 0.29) is 12.5 Å². The Bertz CT molecular complexity index is 722. The number of fused-ring (bicyclic) bond motifs is 3. The van der Waals surface area contributed by atoms with Crippen LogP contribution in [0.25, 0.3) is 10.2 Å². The molecule has 0 aliphatic heterocycles. The summed E-state index contributed by atoms with van der Waals surface area (Å²) < 4.78 is 0. The molecule has 6 heteroatoms. The van der Waals surface area contributed by atoms with E-state index >= 15 is 0 Å². The van der Waals surface area contributed by atoms with Crippen molar-refractivity contribution in [3.8, 4) is 0 Å². The molecule has 0 saturated heterocycles. The van der Waals surface area contributed by atoms with Crippen molar-refractivity contribution in [1.29, 1.82) is 0 Å². The summed E-state index contributed by atoms with van der Waals surface area (Å²) in [6.07, 6.45) is 7.26. The van der Waals surface area contributed by atoms with Crippen LogP contribution in [0.3, 0.4) is 0 Å². The zero-order valence-corrected chi connectivity index (χ0v) is 13.5. The van der Waals surface area contributed by atoms with Gasteiger partial charge >= 0.3 is 0 Å². The average molecular weight is 316 g/mol. The predicted octanol–water partition coefficient (Wildman–Crippen LogP) is 2.51. The summed E-state index contributed by atoms with van der Waals surface area (Å²) in [5, 5.41) is 7.34. The van der Waals surface area contributed by atoms with Crippen molar-refractivity contribution in [2.75, 3.05) is 11.9 Å². The van der Waals surface area contributed by atoms with Crippen LogP contribution in [-0.4, -0.2) is 28.5 Å². The van der Waals surface area contributed by atoms with Crippen molar-refractivity contribution in [3.63, 3.8) is 0 Å². The smallest absolute Gasteiger partial charge is 0.239 e. The van der Waals surface area contributed by atoms with E-state index in [9.17, 15) is 4.79 Å². The fourth-order valence-electron chi connectivity index (χ4n) is 3.08. The fourth-order valence-corrected chi connectivity index (χ4v) is 4.43. The Morgan fingerprint density at radius 2 is 2.23 bits per heavy atom. The molecule has 1 saturated carbocycles. The van der Waals surface area contributed by atoms with Gasteiger partial charge < -0.3 is 10.6 Å². The van der Waals surface area contributed by atoms with Gasteiger partial charge in [0.15, 0.2) is 0 Å². The number of carbonyl (C=O) groups is 1. The Balaban J connectivity index is 1.58. The van der Waals surface area contributed by atoms with Crippen LogP contribution in [0, 0.1) is 5.92 Å². The van der Waals surface area contributed by atoms with Gasteiger partial charge in [0.1, 0.15) is 17.0 Å². The molecule has 2 N–H and O–H groups in total. The van der Waals surface area contributed by atoms with Crippen LogP contribution < -0.4 is 10.6 Å². The van der Waals surface area contributed by atoms with Gasteiger partial charge in [-0.1, -0.05) is 6.92 Å². The Labute approximate surface area is 133 Å². The summed E-state index contributed by atoms with van der Waals surface area (Å²) in [6, 6.07) is 0.398. The second-order valence-corrected chi connectivity index (χ2v) is 7.53. The van der Waals surface area contributed by atoms with Gasteiger partial charge in [-0.15, -0.1) is 11.3 Å².